The molecule has 2 N–H and O–H groups in total. The predicted molar refractivity (Wildman–Crippen MR) is 94.5 cm³/mol. The van der Waals surface area contributed by atoms with Gasteiger partial charge in [-0.05, 0) is 47.2 Å². The number of nitrogens with one attached hydrogen (secondary N) is 2. The van der Waals surface area contributed by atoms with E-state index in [1.54, 1.807) is 12.1 Å². The van der Waals surface area contributed by atoms with Gasteiger partial charge in [-0.1, -0.05) is 42.0 Å². The van der Waals surface area contributed by atoms with Crippen LogP contribution in [0, 0.1) is 10.5 Å². The SMILES string of the molecule is Cc1ccc(CNC(=O)CNC(=O)c2ccccc2I)cc1. The molecule has 2 aromatic rings. The van der Waals surface area contributed by atoms with Crippen molar-refractivity contribution in [1.82, 2.24) is 10.6 Å². The van der Waals surface area contributed by atoms with E-state index >= 15 is 0 Å². The molecule has 0 saturated heterocycles. The molecule has 22 heavy (non-hydrogen) atoms. The van der Waals surface area contributed by atoms with Crippen molar-refractivity contribution >= 4 is 34.4 Å². The third-order valence-electron chi connectivity index (χ3n) is 3.14. The fourth-order valence-corrected chi connectivity index (χ4v) is 2.50. The highest BCUT2D eigenvalue weighted by atomic mass is 127. The summed E-state index contributed by atoms with van der Waals surface area (Å²) < 4.78 is 0.859. The van der Waals surface area contributed by atoms with E-state index < -0.39 is 0 Å². The number of hydrogen-bond acceptors (Lipinski definition) is 2. The van der Waals surface area contributed by atoms with Crippen LogP contribution in [0.25, 0.3) is 0 Å². The van der Waals surface area contributed by atoms with Crippen LogP contribution in [0.2, 0.25) is 0 Å². The van der Waals surface area contributed by atoms with Gasteiger partial charge in [-0.2, -0.15) is 0 Å². The second-order valence-electron chi connectivity index (χ2n) is 4.92. The Hall–Kier alpha value is -1.89. The first-order valence-corrected chi connectivity index (χ1v) is 7.99. The van der Waals surface area contributed by atoms with Crippen LogP contribution in [0.15, 0.2) is 48.5 Å². The summed E-state index contributed by atoms with van der Waals surface area (Å²) in [5.74, 6) is -0.449. The van der Waals surface area contributed by atoms with E-state index in [1.807, 2.05) is 43.3 Å². The van der Waals surface area contributed by atoms with Gasteiger partial charge in [0.05, 0.1) is 12.1 Å². The molecule has 5 heteroatoms. The number of hydrogen-bond donors (Lipinski definition) is 2. The number of benzene rings is 2. The minimum absolute atomic E-state index is 0.0321. The summed E-state index contributed by atoms with van der Waals surface area (Å²) in [4.78, 5) is 23.8. The Balaban J connectivity index is 1.79. The Bertz CT molecular complexity index is 669. The van der Waals surface area contributed by atoms with E-state index in [2.05, 4.69) is 33.2 Å². The second kappa shape index (κ2) is 7.93. The number of carbonyl (C=O) groups is 2. The molecule has 0 bridgehead atoms. The molecule has 0 aromatic heterocycles. The number of carbonyl (C=O) groups excluding carboxylic acids is 2. The van der Waals surface area contributed by atoms with Gasteiger partial charge >= 0.3 is 0 Å². The quantitative estimate of drug-likeness (QED) is 0.748. The summed E-state index contributed by atoms with van der Waals surface area (Å²) in [6, 6.07) is 15.2. The Kier molecular flexibility index (Phi) is 5.94. The van der Waals surface area contributed by atoms with Gasteiger partial charge in [0.2, 0.25) is 5.91 Å². The van der Waals surface area contributed by atoms with E-state index in [1.165, 1.54) is 5.56 Å². The Morgan fingerprint density at radius 1 is 1.00 bits per heavy atom. The normalized spacial score (nSPS) is 10.1. The average molecular weight is 408 g/mol. The molecule has 0 atom stereocenters. The molecule has 2 amide bonds. The monoisotopic (exact) mass is 408 g/mol. The largest absolute Gasteiger partial charge is 0.350 e. The molecular formula is C17H17IN2O2. The van der Waals surface area contributed by atoms with Crippen molar-refractivity contribution in [2.45, 2.75) is 13.5 Å². The van der Waals surface area contributed by atoms with Crippen LogP contribution in [-0.2, 0) is 11.3 Å². The maximum absolute atomic E-state index is 12.0. The first kappa shape index (κ1) is 16.5. The van der Waals surface area contributed by atoms with Crippen LogP contribution in [0.5, 0.6) is 0 Å². The summed E-state index contributed by atoms with van der Waals surface area (Å²) in [6.45, 7) is 2.44. The lowest BCUT2D eigenvalue weighted by Gasteiger charge is -2.08. The zero-order chi connectivity index (χ0) is 15.9. The van der Waals surface area contributed by atoms with Crippen LogP contribution < -0.4 is 10.6 Å². The summed E-state index contributed by atoms with van der Waals surface area (Å²) >= 11 is 2.10. The second-order valence-corrected chi connectivity index (χ2v) is 6.09. The van der Waals surface area contributed by atoms with Crippen LogP contribution >= 0.6 is 22.6 Å². The van der Waals surface area contributed by atoms with E-state index in [4.69, 9.17) is 0 Å². The molecule has 0 spiro atoms. The number of rotatable bonds is 5. The number of halogens is 1. The highest BCUT2D eigenvalue weighted by molar-refractivity contribution is 14.1. The summed E-state index contributed by atoms with van der Waals surface area (Å²) in [5.41, 5.74) is 2.79. The van der Waals surface area contributed by atoms with Gasteiger partial charge in [0, 0.05) is 10.1 Å². The zero-order valence-corrected chi connectivity index (χ0v) is 14.4. The Morgan fingerprint density at radius 2 is 1.68 bits per heavy atom. The van der Waals surface area contributed by atoms with E-state index in [0.29, 0.717) is 12.1 Å². The molecule has 0 aliphatic rings. The van der Waals surface area contributed by atoms with E-state index in [-0.39, 0.29) is 18.4 Å². The van der Waals surface area contributed by atoms with Gasteiger partial charge in [0.15, 0.2) is 0 Å². The van der Waals surface area contributed by atoms with Gasteiger partial charge in [0.25, 0.3) is 5.91 Å². The standard InChI is InChI=1S/C17H17IN2O2/c1-12-6-8-13(9-7-12)10-19-16(21)11-20-17(22)14-4-2-3-5-15(14)18/h2-9H,10-11H2,1H3,(H,19,21)(H,20,22). The minimum Gasteiger partial charge on any atom is -0.350 e. The molecule has 2 aromatic carbocycles. The van der Waals surface area contributed by atoms with Gasteiger partial charge in [-0.15, -0.1) is 0 Å². The summed E-state index contributed by atoms with van der Waals surface area (Å²) in [6.07, 6.45) is 0. The molecule has 2 rings (SSSR count). The predicted octanol–water partition coefficient (Wildman–Crippen LogP) is 2.65. The lowest BCUT2D eigenvalue weighted by atomic mass is 10.1. The van der Waals surface area contributed by atoms with Gasteiger partial charge in [-0.3, -0.25) is 9.59 Å². The van der Waals surface area contributed by atoms with Crippen molar-refractivity contribution in [2.24, 2.45) is 0 Å². The van der Waals surface area contributed by atoms with E-state index in [0.717, 1.165) is 9.13 Å². The van der Waals surface area contributed by atoms with Gasteiger partial charge in [0.1, 0.15) is 0 Å². The van der Waals surface area contributed by atoms with Crippen molar-refractivity contribution in [3.63, 3.8) is 0 Å². The fourth-order valence-electron chi connectivity index (χ4n) is 1.87. The lowest BCUT2D eigenvalue weighted by Crippen LogP contribution is -2.36. The molecule has 114 valence electrons. The van der Waals surface area contributed by atoms with Crippen molar-refractivity contribution < 1.29 is 9.59 Å². The molecule has 4 nitrogen and oxygen atoms in total. The maximum Gasteiger partial charge on any atom is 0.252 e. The molecule has 0 unspecified atom stereocenters. The third-order valence-corrected chi connectivity index (χ3v) is 4.08. The smallest absolute Gasteiger partial charge is 0.252 e. The maximum atomic E-state index is 12.0. The highest BCUT2D eigenvalue weighted by Gasteiger charge is 2.10. The zero-order valence-electron chi connectivity index (χ0n) is 12.2. The van der Waals surface area contributed by atoms with Gasteiger partial charge < -0.3 is 10.6 Å². The Morgan fingerprint density at radius 3 is 2.36 bits per heavy atom. The molecule has 0 radical (unpaired) electrons. The highest BCUT2D eigenvalue weighted by Crippen LogP contribution is 2.10. The van der Waals surface area contributed by atoms with Crippen molar-refractivity contribution in [3.05, 3.63) is 68.8 Å². The van der Waals surface area contributed by atoms with Crippen LogP contribution in [-0.4, -0.2) is 18.4 Å². The van der Waals surface area contributed by atoms with E-state index in [9.17, 15) is 9.59 Å². The number of amides is 2. The molecular weight excluding hydrogens is 391 g/mol. The first-order valence-electron chi connectivity index (χ1n) is 6.91. The number of aryl methyl sites for hydroxylation is 1. The molecule has 0 fully saturated rings. The topological polar surface area (TPSA) is 58.2 Å². The van der Waals surface area contributed by atoms with Crippen LogP contribution in [0.3, 0.4) is 0 Å². The minimum atomic E-state index is -0.240. The molecule has 0 saturated carbocycles. The lowest BCUT2D eigenvalue weighted by molar-refractivity contribution is -0.120. The van der Waals surface area contributed by atoms with Crippen LogP contribution in [0.4, 0.5) is 0 Å². The fraction of sp³-hybridized carbons (Fsp3) is 0.176. The average Bonchev–Trinajstić information content (AvgIpc) is 2.52. The summed E-state index contributed by atoms with van der Waals surface area (Å²) in [5, 5.41) is 5.41. The third kappa shape index (κ3) is 4.84. The molecule has 0 aliphatic carbocycles. The van der Waals surface area contributed by atoms with Gasteiger partial charge in [-0.25, -0.2) is 0 Å². The van der Waals surface area contributed by atoms with Crippen molar-refractivity contribution in [1.29, 1.82) is 0 Å². The first-order chi connectivity index (χ1) is 10.6. The molecule has 0 aliphatic heterocycles. The van der Waals surface area contributed by atoms with Crippen molar-refractivity contribution in [2.75, 3.05) is 6.54 Å². The Labute approximate surface area is 143 Å². The van der Waals surface area contributed by atoms with Crippen molar-refractivity contribution in [3.8, 4) is 0 Å². The summed E-state index contributed by atoms with van der Waals surface area (Å²) in [7, 11) is 0. The molecule has 0 heterocycles. The van der Waals surface area contributed by atoms with Crippen LogP contribution in [0.1, 0.15) is 21.5 Å².